The fraction of sp³-hybridized carbons (Fsp3) is 0.778. The molecule has 0 bridgehead atoms. The summed E-state index contributed by atoms with van der Waals surface area (Å²) in [6.45, 7) is 2.85. The normalized spacial score (nSPS) is 22.7. The molecule has 0 aromatic rings. The number of carbonyl (C=O) groups excluding carboxylic acids is 2. The summed E-state index contributed by atoms with van der Waals surface area (Å²) < 4.78 is 49.3. The van der Waals surface area contributed by atoms with Crippen LogP contribution in [0.4, 0.5) is 0 Å². The van der Waals surface area contributed by atoms with Crippen molar-refractivity contribution in [2.24, 2.45) is 0 Å². The largest absolute Gasteiger partial charge is 0.472 e. The van der Waals surface area contributed by atoms with Crippen LogP contribution in [0.5, 0.6) is 0 Å². The number of allylic oxidation sites excluding steroid dienone is 6. The molecule has 0 saturated heterocycles. The number of ether oxygens (including phenoxy) is 2. The lowest BCUT2D eigenvalue weighted by atomic mass is 9.85. The molecule has 0 amide bonds. The second-order valence-corrected chi connectivity index (χ2v) is 18.9. The molecular weight excluding hydrogens is 874 g/mol. The number of rotatable bonds is 38. The molecule has 0 aromatic carbocycles. The number of aliphatic hydroxyl groups excluding tert-OH is 5. The molecular formula is C45H80O17P2. The Balaban J connectivity index is 2.63. The molecule has 64 heavy (non-hydrogen) atoms. The number of esters is 2. The maximum atomic E-state index is 13.0. The third-order valence-corrected chi connectivity index (χ3v) is 12.0. The molecule has 0 aromatic heterocycles. The highest BCUT2D eigenvalue weighted by molar-refractivity contribution is 7.47. The van der Waals surface area contributed by atoms with Gasteiger partial charge in [-0.25, -0.2) is 9.13 Å². The van der Waals surface area contributed by atoms with Crippen molar-refractivity contribution >= 4 is 27.6 Å². The number of aliphatic hydroxyl groups is 5. The minimum atomic E-state index is -5.37. The highest BCUT2D eigenvalue weighted by Gasteiger charge is 2.54. The van der Waals surface area contributed by atoms with Gasteiger partial charge in [-0.05, 0) is 64.2 Å². The summed E-state index contributed by atoms with van der Waals surface area (Å²) in [5.74, 6) is -1.27. The molecule has 0 radical (unpaired) electrons. The average molecular weight is 955 g/mol. The molecule has 1 fully saturated rings. The Kier molecular flexibility index (Phi) is 33.7. The summed E-state index contributed by atoms with van der Waals surface area (Å²) in [6, 6.07) is 0. The summed E-state index contributed by atoms with van der Waals surface area (Å²) in [7, 11) is -10.7. The summed E-state index contributed by atoms with van der Waals surface area (Å²) in [6.07, 6.45) is 21.1. The van der Waals surface area contributed by atoms with Crippen LogP contribution in [-0.2, 0) is 41.8 Å². The molecule has 8 N–H and O–H groups in total. The minimum Gasteiger partial charge on any atom is -0.462 e. The van der Waals surface area contributed by atoms with E-state index in [1.807, 2.05) is 37.3 Å². The Hall–Kier alpha value is -2.08. The van der Waals surface area contributed by atoms with Crippen LogP contribution in [0, 0.1) is 0 Å². The number of unbranched alkanes of at least 4 members (excludes halogenated alkanes) is 16. The van der Waals surface area contributed by atoms with E-state index in [0.29, 0.717) is 19.3 Å². The first-order valence-electron chi connectivity index (χ1n) is 23.3. The van der Waals surface area contributed by atoms with E-state index in [1.54, 1.807) is 6.08 Å². The van der Waals surface area contributed by atoms with Gasteiger partial charge in [0.1, 0.15) is 43.2 Å². The van der Waals surface area contributed by atoms with Crippen LogP contribution in [0.15, 0.2) is 48.6 Å². The number of hydrogen-bond acceptors (Lipinski definition) is 14. The maximum Gasteiger partial charge on any atom is 0.472 e. The van der Waals surface area contributed by atoms with Gasteiger partial charge in [-0.2, -0.15) is 0 Å². The first kappa shape index (κ1) is 59.9. The Labute approximate surface area is 380 Å². The van der Waals surface area contributed by atoms with Crippen molar-refractivity contribution in [3.05, 3.63) is 48.6 Å². The van der Waals surface area contributed by atoms with Gasteiger partial charge in [-0.15, -0.1) is 0 Å². The second-order valence-electron chi connectivity index (χ2n) is 16.3. The first-order chi connectivity index (χ1) is 30.5. The molecule has 0 heterocycles. The van der Waals surface area contributed by atoms with Crippen LogP contribution in [0.3, 0.4) is 0 Å². The zero-order valence-electron chi connectivity index (χ0n) is 38.1. The fourth-order valence-corrected chi connectivity index (χ4v) is 8.36. The van der Waals surface area contributed by atoms with Gasteiger partial charge < -0.3 is 49.7 Å². The van der Waals surface area contributed by atoms with Crippen molar-refractivity contribution in [3.8, 4) is 0 Å². The molecule has 1 aliphatic rings. The summed E-state index contributed by atoms with van der Waals surface area (Å²) >= 11 is 0. The van der Waals surface area contributed by atoms with E-state index in [-0.39, 0.29) is 12.8 Å². The molecule has 372 valence electrons. The van der Waals surface area contributed by atoms with Gasteiger partial charge in [-0.3, -0.25) is 23.2 Å². The van der Waals surface area contributed by atoms with E-state index in [0.717, 1.165) is 89.9 Å². The third kappa shape index (κ3) is 30.3. The zero-order chi connectivity index (χ0) is 47.6. The van der Waals surface area contributed by atoms with Crippen molar-refractivity contribution in [3.63, 3.8) is 0 Å². The molecule has 17 nitrogen and oxygen atoms in total. The van der Waals surface area contributed by atoms with Crippen LogP contribution >= 0.6 is 15.6 Å². The van der Waals surface area contributed by atoms with Crippen molar-refractivity contribution in [2.45, 2.75) is 210 Å². The van der Waals surface area contributed by atoms with Gasteiger partial charge in [0.25, 0.3) is 0 Å². The van der Waals surface area contributed by atoms with Crippen molar-refractivity contribution in [1.82, 2.24) is 0 Å². The van der Waals surface area contributed by atoms with Crippen LogP contribution in [0.2, 0.25) is 0 Å². The van der Waals surface area contributed by atoms with Crippen molar-refractivity contribution in [1.29, 1.82) is 0 Å². The lowest BCUT2D eigenvalue weighted by Gasteiger charge is -2.43. The van der Waals surface area contributed by atoms with E-state index in [2.05, 4.69) is 23.6 Å². The third-order valence-electron chi connectivity index (χ3n) is 10.5. The molecule has 9 atom stereocenters. The number of phosphoric ester groups is 2. The fourth-order valence-electron chi connectivity index (χ4n) is 6.82. The lowest BCUT2D eigenvalue weighted by molar-refractivity contribution is -0.216. The van der Waals surface area contributed by atoms with Crippen LogP contribution in [0.25, 0.3) is 0 Å². The molecule has 0 spiro atoms. The smallest absolute Gasteiger partial charge is 0.462 e. The van der Waals surface area contributed by atoms with Gasteiger partial charge in [-0.1, -0.05) is 133 Å². The van der Waals surface area contributed by atoms with Crippen LogP contribution in [0.1, 0.15) is 162 Å². The van der Waals surface area contributed by atoms with Gasteiger partial charge in [0.15, 0.2) is 6.10 Å². The maximum absolute atomic E-state index is 13.0. The SMILES string of the molecule is CC/C=C/CC(O)/C=C/C=C/CCCCCCCC(=O)O[C@H](COC(=O)CCCCCCCCC/C=C\CCCCCC)COP(=O)(O)O[C@H]1C(O)C(O)C(O)[C@@H](OP(=O)(O)O)C1O. The summed E-state index contributed by atoms with van der Waals surface area (Å²) in [5.41, 5.74) is 0. The highest BCUT2D eigenvalue weighted by Crippen LogP contribution is 2.49. The standard InChI is InChI=1S/C45H80O17P2/c1-3-5-7-8-9-10-11-12-13-14-15-18-21-24-28-32-38(47)58-34-37(60-39(48)33-29-25-22-19-16-17-20-23-27-31-36(46)30-26-6-4-2)35-59-64(56,57)62-45-42(51)40(49)41(50)44(43(45)52)61-63(53,54)55/h6,10-11,20,23,26-27,31,36-37,40-46,49-52H,3-5,7-9,12-19,21-22,24-25,28-30,32-35H2,1-2H3,(H,56,57)(H2,53,54,55)/b11-10-,23-20+,26-6+,31-27+/t36?,37-,40?,41?,42?,43?,44-,45+/m1/s1. The molecule has 1 aliphatic carbocycles. The topological polar surface area (TPSA) is 276 Å². The predicted molar refractivity (Wildman–Crippen MR) is 243 cm³/mol. The number of carbonyl (C=O) groups is 2. The van der Waals surface area contributed by atoms with Crippen LogP contribution < -0.4 is 0 Å². The number of hydrogen-bond donors (Lipinski definition) is 8. The molecule has 6 unspecified atom stereocenters. The van der Waals surface area contributed by atoms with Crippen LogP contribution in [-0.4, -0.2) is 114 Å². The lowest BCUT2D eigenvalue weighted by Crippen LogP contribution is -2.64. The first-order valence-corrected chi connectivity index (χ1v) is 26.3. The van der Waals surface area contributed by atoms with Gasteiger partial charge in [0, 0.05) is 12.8 Å². The molecule has 1 saturated carbocycles. The quantitative estimate of drug-likeness (QED) is 0.00979. The minimum absolute atomic E-state index is 0.00431. The Morgan fingerprint density at radius 2 is 1.09 bits per heavy atom. The molecule has 0 aliphatic heterocycles. The highest BCUT2D eigenvalue weighted by atomic mass is 31.2. The van der Waals surface area contributed by atoms with E-state index >= 15 is 0 Å². The summed E-state index contributed by atoms with van der Waals surface area (Å²) in [4.78, 5) is 54.2. The van der Waals surface area contributed by atoms with Gasteiger partial charge in [0.05, 0.1) is 12.7 Å². The zero-order valence-corrected chi connectivity index (χ0v) is 39.9. The van der Waals surface area contributed by atoms with Crippen molar-refractivity contribution in [2.75, 3.05) is 13.2 Å². The molecule has 19 heteroatoms. The van der Waals surface area contributed by atoms with E-state index in [9.17, 15) is 49.1 Å². The second kappa shape index (κ2) is 36.0. The van der Waals surface area contributed by atoms with E-state index in [1.165, 1.54) is 25.7 Å². The Morgan fingerprint density at radius 1 is 0.578 bits per heavy atom. The average Bonchev–Trinajstić information content (AvgIpc) is 3.24. The summed E-state index contributed by atoms with van der Waals surface area (Å²) in [5, 5.41) is 51.1. The van der Waals surface area contributed by atoms with Crippen molar-refractivity contribution < 1.29 is 82.0 Å². The van der Waals surface area contributed by atoms with E-state index in [4.69, 9.17) is 28.3 Å². The molecule has 1 rings (SSSR count). The number of phosphoric acid groups is 2. The Bertz CT molecular complexity index is 1450. The van der Waals surface area contributed by atoms with Gasteiger partial charge >= 0.3 is 27.6 Å². The monoisotopic (exact) mass is 954 g/mol. The predicted octanol–water partition coefficient (Wildman–Crippen LogP) is 7.48. The van der Waals surface area contributed by atoms with E-state index < -0.39 is 89.6 Å². The van der Waals surface area contributed by atoms with Gasteiger partial charge in [0.2, 0.25) is 0 Å². The Morgan fingerprint density at radius 3 is 1.66 bits per heavy atom.